The van der Waals surface area contributed by atoms with E-state index in [1.54, 1.807) is 0 Å². The average molecular weight is 207 g/mol. The molecule has 2 N–H and O–H groups in total. The van der Waals surface area contributed by atoms with E-state index < -0.39 is 0 Å². The fourth-order valence-corrected chi connectivity index (χ4v) is 1.45. The van der Waals surface area contributed by atoms with Gasteiger partial charge in [-0.25, -0.2) is 0 Å². The molecule has 6 heteroatoms. The molecule has 2 aromatic rings. The van der Waals surface area contributed by atoms with E-state index in [1.807, 2.05) is 17.7 Å². The lowest BCUT2D eigenvalue weighted by molar-refractivity contribution is 0.516. The Morgan fingerprint density at radius 3 is 2.60 bits per heavy atom. The number of nitrogens with zero attached hydrogens (tertiary/aromatic N) is 4. The molecule has 6 nitrogen and oxygen atoms in total. The van der Waals surface area contributed by atoms with E-state index in [2.05, 4.69) is 29.1 Å². The predicted octanol–water partition coefficient (Wildman–Crippen LogP) is 1.40. The first-order valence-electron chi connectivity index (χ1n) is 4.73. The van der Waals surface area contributed by atoms with E-state index in [0.29, 0.717) is 17.6 Å². The lowest BCUT2D eigenvalue weighted by Gasteiger charge is -2.06. The first-order valence-corrected chi connectivity index (χ1v) is 4.73. The Labute approximate surface area is 87.1 Å². The maximum atomic E-state index is 5.35. The molecule has 0 bridgehead atoms. The van der Waals surface area contributed by atoms with Crippen molar-refractivity contribution in [2.24, 2.45) is 0 Å². The number of rotatable bonds is 2. The summed E-state index contributed by atoms with van der Waals surface area (Å²) in [5, 5.41) is 11.7. The SMILES string of the molecule is Cc1cc(-c2nnc(N)o2)nn1C(C)C. The van der Waals surface area contributed by atoms with Crippen molar-refractivity contribution in [3.05, 3.63) is 11.8 Å². The molecule has 0 aliphatic carbocycles. The predicted molar refractivity (Wildman–Crippen MR) is 55.1 cm³/mol. The van der Waals surface area contributed by atoms with Crippen LogP contribution in [0.25, 0.3) is 11.6 Å². The van der Waals surface area contributed by atoms with E-state index in [-0.39, 0.29) is 6.01 Å². The van der Waals surface area contributed by atoms with Crippen LogP contribution in [0.1, 0.15) is 25.6 Å². The summed E-state index contributed by atoms with van der Waals surface area (Å²) in [5.41, 5.74) is 7.06. The maximum absolute atomic E-state index is 5.35. The smallest absolute Gasteiger partial charge is 0.313 e. The molecular weight excluding hydrogens is 194 g/mol. The molecule has 0 unspecified atom stereocenters. The van der Waals surface area contributed by atoms with E-state index in [9.17, 15) is 0 Å². The summed E-state index contributed by atoms with van der Waals surface area (Å²) in [6.45, 7) is 6.11. The number of aromatic nitrogens is 4. The van der Waals surface area contributed by atoms with Gasteiger partial charge in [-0.15, -0.1) is 5.10 Å². The molecule has 80 valence electrons. The van der Waals surface area contributed by atoms with Gasteiger partial charge < -0.3 is 10.2 Å². The molecule has 0 aliphatic heterocycles. The third kappa shape index (κ3) is 1.70. The lowest BCUT2D eigenvalue weighted by Crippen LogP contribution is -2.04. The van der Waals surface area contributed by atoms with Gasteiger partial charge in [-0.05, 0) is 26.8 Å². The molecule has 0 fully saturated rings. The molecule has 0 spiro atoms. The summed E-state index contributed by atoms with van der Waals surface area (Å²) >= 11 is 0. The average Bonchev–Trinajstić information content (AvgIpc) is 2.71. The van der Waals surface area contributed by atoms with Gasteiger partial charge in [0, 0.05) is 11.7 Å². The summed E-state index contributed by atoms with van der Waals surface area (Å²) < 4.78 is 7.00. The summed E-state index contributed by atoms with van der Waals surface area (Å²) in [6.07, 6.45) is 0. The Bertz CT molecular complexity index is 471. The van der Waals surface area contributed by atoms with E-state index in [4.69, 9.17) is 10.2 Å². The summed E-state index contributed by atoms with van der Waals surface area (Å²) in [5.74, 6) is 0.356. The standard InChI is InChI=1S/C9H13N5O/c1-5(2)14-6(3)4-7(13-14)8-11-12-9(10)15-8/h4-5H,1-3H3,(H2,10,12). The fraction of sp³-hybridized carbons (Fsp3) is 0.444. The molecule has 0 atom stereocenters. The number of nitrogens with two attached hydrogens (primary N) is 1. The van der Waals surface area contributed by atoms with Gasteiger partial charge in [-0.1, -0.05) is 5.10 Å². The van der Waals surface area contributed by atoms with Gasteiger partial charge in [0.25, 0.3) is 5.89 Å². The Morgan fingerprint density at radius 2 is 2.13 bits per heavy atom. The zero-order valence-corrected chi connectivity index (χ0v) is 8.93. The minimum Gasteiger partial charge on any atom is -0.402 e. The van der Waals surface area contributed by atoms with Gasteiger partial charge in [0.2, 0.25) is 0 Å². The monoisotopic (exact) mass is 207 g/mol. The highest BCUT2D eigenvalue weighted by atomic mass is 16.4. The van der Waals surface area contributed by atoms with Crippen LogP contribution in [0.15, 0.2) is 10.5 Å². The van der Waals surface area contributed by atoms with Gasteiger partial charge in [0.1, 0.15) is 5.69 Å². The van der Waals surface area contributed by atoms with Gasteiger partial charge in [-0.3, -0.25) is 4.68 Å². The quantitative estimate of drug-likeness (QED) is 0.804. The van der Waals surface area contributed by atoms with E-state index in [1.165, 1.54) is 0 Å². The first-order chi connectivity index (χ1) is 7.08. The summed E-state index contributed by atoms with van der Waals surface area (Å²) in [4.78, 5) is 0. The second kappa shape index (κ2) is 3.38. The first kappa shape index (κ1) is 9.70. The molecule has 0 amide bonds. The van der Waals surface area contributed by atoms with Crippen LogP contribution >= 0.6 is 0 Å². The van der Waals surface area contributed by atoms with Gasteiger partial charge in [0.15, 0.2) is 0 Å². The van der Waals surface area contributed by atoms with E-state index >= 15 is 0 Å². The van der Waals surface area contributed by atoms with Gasteiger partial charge in [0.05, 0.1) is 0 Å². The number of anilines is 1. The van der Waals surface area contributed by atoms with Crippen molar-refractivity contribution in [2.75, 3.05) is 5.73 Å². The lowest BCUT2D eigenvalue weighted by atomic mass is 10.3. The molecule has 0 saturated carbocycles. The molecule has 2 aromatic heterocycles. The number of hydrogen-bond acceptors (Lipinski definition) is 5. The second-order valence-electron chi connectivity index (χ2n) is 3.65. The van der Waals surface area contributed by atoms with Crippen molar-refractivity contribution in [1.29, 1.82) is 0 Å². The minimum absolute atomic E-state index is 0.0572. The summed E-state index contributed by atoms with van der Waals surface area (Å²) in [7, 11) is 0. The Balaban J connectivity index is 2.42. The highest BCUT2D eigenvalue weighted by molar-refractivity contribution is 5.47. The Kier molecular flexibility index (Phi) is 2.18. The van der Waals surface area contributed by atoms with Crippen molar-refractivity contribution in [3.63, 3.8) is 0 Å². The highest BCUT2D eigenvalue weighted by Crippen LogP contribution is 2.20. The van der Waals surface area contributed by atoms with Crippen molar-refractivity contribution < 1.29 is 4.42 Å². The van der Waals surface area contributed by atoms with Gasteiger partial charge >= 0.3 is 6.01 Å². The molecule has 2 rings (SSSR count). The van der Waals surface area contributed by atoms with Crippen LogP contribution in [0, 0.1) is 6.92 Å². The number of aryl methyl sites for hydroxylation is 1. The van der Waals surface area contributed by atoms with Gasteiger partial charge in [-0.2, -0.15) is 5.10 Å². The van der Waals surface area contributed by atoms with Crippen LogP contribution in [0.3, 0.4) is 0 Å². The van der Waals surface area contributed by atoms with Crippen LogP contribution in [-0.2, 0) is 0 Å². The van der Waals surface area contributed by atoms with Crippen LogP contribution in [0.4, 0.5) is 6.01 Å². The largest absolute Gasteiger partial charge is 0.402 e. The highest BCUT2D eigenvalue weighted by Gasteiger charge is 2.13. The van der Waals surface area contributed by atoms with Crippen molar-refractivity contribution in [1.82, 2.24) is 20.0 Å². The molecular formula is C9H13N5O. The zero-order chi connectivity index (χ0) is 11.0. The molecule has 2 heterocycles. The Hall–Kier alpha value is -1.85. The minimum atomic E-state index is 0.0572. The van der Waals surface area contributed by atoms with Crippen molar-refractivity contribution in [3.8, 4) is 11.6 Å². The molecule has 0 radical (unpaired) electrons. The molecule has 0 saturated heterocycles. The van der Waals surface area contributed by atoms with Crippen LogP contribution in [0.5, 0.6) is 0 Å². The van der Waals surface area contributed by atoms with E-state index in [0.717, 1.165) is 5.69 Å². The molecule has 15 heavy (non-hydrogen) atoms. The number of hydrogen-bond donors (Lipinski definition) is 1. The molecule has 0 aromatic carbocycles. The third-order valence-electron chi connectivity index (χ3n) is 2.07. The van der Waals surface area contributed by atoms with Crippen LogP contribution in [0.2, 0.25) is 0 Å². The maximum Gasteiger partial charge on any atom is 0.313 e. The topological polar surface area (TPSA) is 82.8 Å². The normalized spacial score (nSPS) is 11.2. The zero-order valence-electron chi connectivity index (χ0n) is 8.93. The van der Waals surface area contributed by atoms with Crippen molar-refractivity contribution >= 4 is 6.01 Å². The molecule has 0 aliphatic rings. The summed E-state index contributed by atoms with van der Waals surface area (Å²) in [6, 6.07) is 2.26. The number of nitrogen functional groups attached to an aromatic ring is 1. The van der Waals surface area contributed by atoms with Crippen LogP contribution in [-0.4, -0.2) is 20.0 Å². The second-order valence-corrected chi connectivity index (χ2v) is 3.65. The van der Waals surface area contributed by atoms with Crippen LogP contribution < -0.4 is 5.73 Å². The third-order valence-corrected chi connectivity index (χ3v) is 2.07. The Morgan fingerprint density at radius 1 is 1.40 bits per heavy atom. The fourth-order valence-electron chi connectivity index (χ4n) is 1.45. The van der Waals surface area contributed by atoms with Crippen molar-refractivity contribution in [2.45, 2.75) is 26.8 Å².